The summed E-state index contributed by atoms with van der Waals surface area (Å²) >= 11 is 0. The maximum atomic E-state index is 12.7. The molecule has 0 bridgehead atoms. The molecular weight excluding hydrogens is 440 g/mol. The molecule has 2 N–H and O–H groups in total. The molecule has 0 aliphatic carbocycles. The van der Waals surface area contributed by atoms with Crippen LogP contribution in [0, 0.1) is 6.92 Å². The Labute approximate surface area is 180 Å². The van der Waals surface area contributed by atoms with Crippen LogP contribution < -0.4 is 18.9 Å². The average Bonchev–Trinajstić information content (AvgIpc) is 2.74. The van der Waals surface area contributed by atoms with Gasteiger partial charge in [0.2, 0.25) is 0 Å². The van der Waals surface area contributed by atoms with Crippen LogP contribution in [-0.4, -0.2) is 30.0 Å². The molecular formula is C21H20N2O6S2. The first-order valence-electron chi connectivity index (χ1n) is 9.35. The van der Waals surface area contributed by atoms with Crippen LogP contribution in [0.5, 0.6) is 11.5 Å². The monoisotopic (exact) mass is 460 g/mol. The molecule has 10 heteroatoms. The van der Waals surface area contributed by atoms with Crippen molar-refractivity contribution in [2.24, 2.45) is 0 Å². The zero-order chi connectivity index (χ0) is 22.1. The van der Waals surface area contributed by atoms with Crippen molar-refractivity contribution in [2.45, 2.75) is 16.7 Å². The van der Waals surface area contributed by atoms with Crippen molar-refractivity contribution in [1.29, 1.82) is 0 Å². The SMILES string of the molecule is Cc1cccc(S(=O)(=O)Nc2ccc(NS(=O)(=O)c3ccc4c(c3)OCCO4)cc2)c1. The summed E-state index contributed by atoms with van der Waals surface area (Å²) in [6.45, 7) is 2.57. The normalized spacial score (nSPS) is 13.5. The molecule has 0 unspecified atom stereocenters. The first-order valence-corrected chi connectivity index (χ1v) is 12.3. The highest BCUT2D eigenvalue weighted by molar-refractivity contribution is 7.93. The number of benzene rings is 3. The average molecular weight is 461 g/mol. The van der Waals surface area contributed by atoms with E-state index in [9.17, 15) is 16.8 Å². The Hall–Kier alpha value is -3.24. The second-order valence-electron chi connectivity index (χ2n) is 6.91. The van der Waals surface area contributed by atoms with Gasteiger partial charge in [0.25, 0.3) is 20.0 Å². The van der Waals surface area contributed by atoms with E-state index in [4.69, 9.17) is 9.47 Å². The molecule has 0 atom stereocenters. The van der Waals surface area contributed by atoms with Crippen LogP contribution in [0.25, 0.3) is 0 Å². The first-order chi connectivity index (χ1) is 14.7. The van der Waals surface area contributed by atoms with Crippen LogP contribution >= 0.6 is 0 Å². The van der Waals surface area contributed by atoms with Crippen LogP contribution in [0.4, 0.5) is 11.4 Å². The van der Waals surface area contributed by atoms with E-state index in [-0.39, 0.29) is 15.5 Å². The summed E-state index contributed by atoms with van der Waals surface area (Å²) in [5, 5.41) is 0. The third-order valence-corrected chi connectivity index (χ3v) is 7.27. The van der Waals surface area contributed by atoms with Gasteiger partial charge in [-0.3, -0.25) is 9.44 Å². The maximum absolute atomic E-state index is 12.7. The fraction of sp³-hybridized carbons (Fsp3) is 0.143. The number of aryl methyl sites for hydroxylation is 1. The number of nitrogens with one attached hydrogen (secondary N) is 2. The van der Waals surface area contributed by atoms with Gasteiger partial charge in [-0.05, 0) is 61.0 Å². The fourth-order valence-electron chi connectivity index (χ4n) is 3.01. The molecule has 1 heterocycles. The van der Waals surface area contributed by atoms with Crippen molar-refractivity contribution >= 4 is 31.4 Å². The lowest BCUT2D eigenvalue weighted by atomic mass is 10.2. The lowest BCUT2D eigenvalue weighted by Crippen LogP contribution is -2.17. The molecule has 1 aliphatic heterocycles. The van der Waals surface area contributed by atoms with Gasteiger partial charge in [-0.25, -0.2) is 16.8 Å². The smallest absolute Gasteiger partial charge is 0.262 e. The Morgan fingerprint density at radius 1 is 0.677 bits per heavy atom. The van der Waals surface area contributed by atoms with Crippen LogP contribution in [0.3, 0.4) is 0 Å². The first kappa shape index (κ1) is 21.0. The van der Waals surface area contributed by atoms with Crippen LogP contribution in [0.15, 0.2) is 76.5 Å². The van der Waals surface area contributed by atoms with E-state index < -0.39 is 20.0 Å². The second kappa shape index (κ2) is 8.12. The summed E-state index contributed by atoms with van der Waals surface area (Å²) < 4.78 is 66.2. The Balaban J connectivity index is 1.49. The number of fused-ring (bicyclic) bond motifs is 1. The number of rotatable bonds is 6. The third-order valence-electron chi connectivity index (χ3n) is 4.51. The summed E-state index contributed by atoms with van der Waals surface area (Å²) in [7, 11) is -7.62. The molecule has 8 nitrogen and oxygen atoms in total. The van der Waals surface area contributed by atoms with E-state index in [1.54, 1.807) is 18.2 Å². The van der Waals surface area contributed by atoms with Crippen molar-refractivity contribution in [3.05, 3.63) is 72.3 Å². The van der Waals surface area contributed by atoms with Gasteiger partial charge < -0.3 is 9.47 Å². The van der Waals surface area contributed by atoms with Gasteiger partial charge in [0.05, 0.1) is 9.79 Å². The molecule has 3 aromatic carbocycles. The largest absolute Gasteiger partial charge is 0.486 e. The lowest BCUT2D eigenvalue weighted by Gasteiger charge is -2.19. The predicted octanol–water partition coefficient (Wildman–Crippen LogP) is 3.37. The van der Waals surface area contributed by atoms with Gasteiger partial charge >= 0.3 is 0 Å². The number of anilines is 2. The molecule has 0 saturated carbocycles. The zero-order valence-electron chi connectivity index (χ0n) is 16.5. The van der Waals surface area contributed by atoms with E-state index in [2.05, 4.69) is 9.44 Å². The van der Waals surface area contributed by atoms with E-state index in [0.29, 0.717) is 30.4 Å². The van der Waals surface area contributed by atoms with Gasteiger partial charge in [0, 0.05) is 17.4 Å². The van der Waals surface area contributed by atoms with Crippen LogP contribution in [-0.2, 0) is 20.0 Å². The van der Waals surface area contributed by atoms with E-state index in [0.717, 1.165) is 5.56 Å². The zero-order valence-corrected chi connectivity index (χ0v) is 18.2. The van der Waals surface area contributed by atoms with E-state index in [1.807, 2.05) is 13.0 Å². The molecule has 162 valence electrons. The molecule has 31 heavy (non-hydrogen) atoms. The number of hydrogen-bond acceptors (Lipinski definition) is 6. The van der Waals surface area contributed by atoms with Crippen LogP contribution in [0.2, 0.25) is 0 Å². The van der Waals surface area contributed by atoms with Gasteiger partial charge in [-0.1, -0.05) is 12.1 Å². The maximum Gasteiger partial charge on any atom is 0.262 e. The number of sulfonamides is 2. The molecule has 0 fully saturated rings. The van der Waals surface area contributed by atoms with Gasteiger partial charge in [-0.15, -0.1) is 0 Å². The Morgan fingerprint density at radius 3 is 1.81 bits per heavy atom. The van der Waals surface area contributed by atoms with Gasteiger partial charge in [-0.2, -0.15) is 0 Å². The highest BCUT2D eigenvalue weighted by Crippen LogP contribution is 2.32. The van der Waals surface area contributed by atoms with Gasteiger partial charge in [0.15, 0.2) is 11.5 Å². The lowest BCUT2D eigenvalue weighted by molar-refractivity contribution is 0.171. The predicted molar refractivity (Wildman–Crippen MR) is 117 cm³/mol. The number of hydrogen-bond donors (Lipinski definition) is 2. The fourth-order valence-corrected chi connectivity index (χ4v) is 5.24. The van der Waals surface area contributed by atoms with E-state index >= 15 is 0 Å². The van der Waals surface area contributed by atoms with Crippen molar-refractivity contribution in [3.8, 4) is 11.5 Å². The minimum atomic E-state index is -3.87. The summed E-state index contributed by atoms with van der Waals surface area (Å²) in [6.07, 6.45) is 0. The minimum absolute atomic E-state index is 0.0287. The Morgan fingerprint density at radius 2 is 1.23 bits per heavy atom. The molecule has 3 aromatic rings. The molecule has 1 aliphatic rings. The summed E-state index contributed by atoms with van der Waals surface area (Å²) in [6, 6.07) is 16.8. The summed E-state index contributed by atoms with van der Waals surface area (Å²) in [4.78, 5) is 0.178. The summed E-state index contributed by atoms with van der Waals surface area (Å²) in [5.41, 5.74) is 1.42. The van der Waals surface area contributed by atoms with E-state index in [1.165, 1.54) is 42.5 Å². The Bertz CT molecular complexity index is 1320. The summed E-state index contributed by atoms with van der Waals surface area (Å²) in [5.74, 6) is 0.866. The third kappa shape index (κ3) is 4.75. The van der Waals surface area contributed by atoms with Crippen LogP contribution in [0.1, 0.15) is 5.56 Å². The molecule has 0 radical (unpaired) electrons. The highest BCUT2D eigenvalue weighted by Gasteiger charge is 2.20. The number of ether oxygens (including phenoxy) is 2. The van der Waals surface area contributed by atoms with Gasteiger partial charge in [0.1, 0.15) is 13.2 Å². The van der Waals surface area contributed by atoms with Crippen molar-refractivity contribution in [3.63, 3.8) is 0 Å². The highest BCUT2D eigenvalue weighted by atomic mass is 32.2. The molecule has 0 aromatic heterocycles. The molecule has 0 amide bonds. The Kier molecular flexibility index (Phi) is 5.50. The molecule has 0 saturated heterocycles. The van der Waals surface area contributed by atoms with Crippen molar-refractivity contribution < 1.29 is 26.3 Å². The molecule has 4 rings (SSSR count). The standard InChI is InChI=1S/C21H20N2O6S2/c1-15-3-2-4-18(13-15)30(24,25)22-16-5-7-17(8-6-16)23-31(26,27)19-9-10-20-21(14-19)29-12-11-28-20/h2-10,13-14,22-23H,11-12H2,1H3. The molecule has 0 spiro atoms. The quantitative estimate of drug-likeness (QED) is 0.584. The second-order valence-corrected chi connectivity index (χ2v) is 10.3. The van der Waals surface area contributed by atoms with Crippen molar-refractivity contribution in [1.82, 2.24) is 0 Å². The minimum Gasteiger partial charge on any atom is -0.486 e. The van der Waals surface area contributed by atoms with Crippen molar-refractivity contribution in [2.75, 3.05) is 22.7 Å². The topological polar surface area (TPSA) is 111 Å².